The van der Waals surface area contributed by atoms with E-state index in [9.17, 15) is 4.79 Å². The molecule has 0 spiro atoms. The van der Waals surface area contributed by atoms with Crippen molar-refractivity contribution < 1.29 is 9.53 Å². The van der Waals surface area contributed by atoms with Crippen LogP contribution in [0, 0.1) is 0 Å². The number of rotatable bonds is 0. The Hall–Kier alpha value is -1.71. The van der Waals surface area contributed by atoms with Crippen LogP contribution >= 0.6 is 0 Å². The Bertz CT molecular complexity index is 452. The highest BCUT2D eigenvalue weighted by molar-refractivity contribution is 5.92. The van der Waals surface area contributed by atoms with Gasteiger partial charge in [0, 0.05) is 13.1 Å². The van der Waals surface area contributed by atoms with Gasteiger partial charge in [0.25, 0.3) is 0 Å². The first-order valence-corrected chi connectivity index (χ1v) is 6.81. The number of anilines is 2. The number of hydrogen-bond donors (Lipinski definition) is 1. The third kappa shape index (κ3) is 3.63. The van der Waals surface area contributed by atoms with E-state index in [1.165, 1.54) is 0 Å². The number of fused-ring (bicyclic) bond motifs is 1. The van der Waals surface area contributed by atoms with Crippen molar-refractivity contribution in [1.82, 2.24) is 0 Å². The van der Waals surface area contributed by atoms with Gasteiger partial charge < -0.3 is 10.1 Å². The van der Waals surface area contributed by atoms with E-state index in [0.717, 1.165) is 30.8 Å². The predicted molar refractivity (Wildman–Crippen MR) is 77.7 cm³/mol. The minimum absolute atomic E-state index is 0.274. The Kier molecular flexibility index (Phi) is 3.98. The summed E-state index contributed by atoms with van der Waals surface area (Å²) in [5, 5.41) is 3.36. The lowest BCUT2D eigenvalue weighted by molar-refractivity contribution is 0.0579. The Labute approximate surface area is 114 Å². The Morgan fingerprint density at radius 2 is 2.00 bits per heavy atom. The van der Waals surface area contributed by atoms with Gasteiger partial charge in [0.2, 0.25) is 0 Å². The van der Waals surface area contributed by atoms with Gasteiger partial charge in [0.05, 0.1) is 11.4 Å². The second-order valence-corrected chi connectivity index (χ2v) is 5.78. The lowest BCUT2D eigenvalue weighted by Crippen LogP contribution is -2.38. The van der Waals surface area contributed by atoms with Crippen molar-refractivity contribution in [2.75, 3.05) is 23.3 Å². The summed E-state index contributed by atoms with van der Waals surface area (Å²) >= 11 is 0. The maximum Gasteiger partial charge on any atom is 0.414 e. The molecule has 1 aromatic rings. The molecule has 4 heteroatoms. The average molecular weight is 262 g/mol. The van der Waals surface area contributed by atoms with Crippen LogP contribution in [0.1, 0.15) is 33.6 Å². The second kappa shape index (κ2) is 5.51. The van der Waals surface area contributed by atoms with E-state index < -0.39 is 5.60 Å². The summed E-state index contributed by atoms with van der Waals surface area (Å²) in [5.74, 6) is 0. The van der Waals surface area contributed by atoms with Crippen molar-refractivity contribution in [2.24, 2.45) is 0 Å². The molecule has 1 aliphatic heterocycles. The van der Waals surface area contributed by atoms with E-state index in [-0.39, 0.29) is 6.09 Å². The van der Waals surface area contributed by atoms with Crippen LogP contribution in [0.25, 0.3) is 0 Å². The quantitative estimate of drug-likeness (QED) is 0.776. The summed E-state index contributed by atoms with van der Waals surface area (Å²) in [5.41, 5.74) is 1.42. The van der Waals surface area contributed by atoms with Crippen LogP contribution in [0.2, 0.25) is 0 Å². The molecule has 1 N–H and O–H groups in total. The summed E-state index contributed by atoms with van der Waals surface area (Å²) in [6.07, 6.45) is 1.75. The molecule has 0 saturated carbocycles. The zero-order valence-electron chi connectivity index (χ0n) is 11.9. The molecule has 1 heterocycles. The van der Waals surface area contributed by atoms with Crippen molar-refractivity contribution in [3.63, 3.8) is 0 Å². The van der Waals surface area contributed by atoms with Crippen molar-refractivity contribution in [2.45, 2.75) is 39.2 Å². The number of amides is 1. The van der Waals surface area contributed by atoms with E-state index >= 15 is 0 Å². The molecule has 0 saturated heterocycles. The number of ether oxygens (including phenoxy) is 1. The third-order valence-electron chi connectivity index (χ3n) is 2.93. The smallest absolute Gasteiger partial charge is 0.414 e. The van der Waals surface area contributed by atoms with Crippen LogP contribution in [0.5, 0.6) is 0 Å². The molecule has 4 nitrogen and oxygen atoms in total. The van der Waals surface area contributed by atoms with Crippen molar-refractivity contribution in [3.05, 3.63) is 24.3 Å². The first kappa shape index (κ1) is 13.7. The number of nitrogens with zero attached hydrogens (tertiary/aromatic N) is 1. The summed E-state index contributed by atoms with van der Waals surface area (Å²) in [6.45, 7) is 7.31. The second-order valence-electron chi connectivity index (χ2n) is 5.78. The topological polar surface area (TPSA) is 41.6 Å². The molecule has 1 amide bonds. The molecule has 0 bridgehead atoms. The molecule has 0 fully saturated rings. The molecule has 19 heavy (non-hydrogen) atoms. The Morgan fingerprint density at radius 1 is 1.26 bits per heavy atom. The zero-order chi connectivity index (χ0) is 13.9. The highest BCUT2D eigenvalue weighted by Crippen LogP contribution is 2.28. The van der Waals surface area contributed by atoms with Gasteiger partial charge >= 0.3 is 6.09 Å². The first-order chi connectivity index (χ1) is 8.97. The van der Waals surface area contributed by atoms with Crippen molar-refractivity contribution in [1.29, 1.82) is 0 Å². The van der Waals surface area contributed by atoms with Gasteiger partial charge in [0.1, 0.15) is 5.60 Å². The third-order valence-corrected chi connectivity index (χ3v) is 2.93. The predicted octanol–water partition coefficient (Wildman–Crippen LogP) is 3.63. The number of hydrogen-bond acceptors (Lipinski definition) is 3. The standard InChI is InChI=1S/C15H22N2O2/c1-15(2,3)19-14(18)17-11-7-6-10-16-12-8-4-5-9-13(12)17/h4-5,8-9,16H,6-7,10-11H2,1-3H3. The summed E-state index contributed by atoms with van der Waals surface area (Å²) < 4.78 is 5.49. The first-order valence-electron chi connectivity index (χ1n) is 6.81. The van der Waals surface area contributed by atoms with E-state index in [1.54, 1.807) is 4.90 Å². The number of nitrogens with one attached hydrogen (secondary N) is 1. The van der Waals surface area contributed by atoms with Gasteiger partial charge in [-0.15, -0.1) is 0 Å². The summed E-state index contributed by atoms with van der Waals surface area (Å²) in [6, 6.07) is 7.87. The number of carbonyl (C=O) groups is 1. The van der Waals surface area contributed by atoms with Crippen molar-refractivity contribution >= 4 is 17.5 Å². The van der Waals surface area contributed by atoms with Crippen LogP contribution in [-0.4, -0.2) is 24.8 Å². The summed E-state index contributed by atoms with van der Waals surface area (Å²) in [7, 11) is 0. The fourth-order valence-corrected chi connectivity index (χ4v) is 2.10. The van der Waals surface area contributed by atoms with Crippen LogP contribution in [-0.2, 0) is 4.74 Å². The Morgan fingerprint density at radius 3 is 2.74 bits per heavy atom. The number of benzene rings is 1. The molecular weight excluding hydrogens is 240 g/mol. The largest absolute Gasteiger partial charge is 0.443 e. The van der Waals surface area contributed by atoms with Crippen LogP contribution in [0.4, 0.5) is 16.2 Å². The fourth-order valence-electron chi connectivity index (χ4n) is 2.10. The monoisotopic (exact) mass is 262 g/mol. The molecule has 2 rings (SSSR count). The normalized spacial score (nSPS) is 15.8. The van der Waals surface area contributed by atoms with E-state index in [2.05, 4.69) is 5.32 Å². The molecule has 0 aromatic heterocycles. The van der Waals surface area contributed by atoms with E-state index in [1.807, 2.05) is 45.0 Å². The maximum atomic E-state index is 12.3. The minimum Gasteiger partial charge on any atom is -0.443 e. The molecule has 104 valence electrons. The average Bonchev–Trinajstić information content (AvgIpc) is 2.27. The van der Waals surface area contributed by atoms with Gasteiger partial charge in [-0.3, -0.25) is 4.90 Å². The van der Waals surface area contributed by atoms with Gasteiger partial charge in [-0.1, -0.05) is 12.1 Å². The Balaban J connectivity index is 2.26. The van der Waals surface area contributed by atoms with Gasteiger partial charge in [-0.2, -0.15) is 0 Å². The maximum absolute atomic E-state index is 12.3. The highest BCUT2D eigenvalue weighted by atomic mass is 16.6. The van der Waals surface area contributed by atoms with Crippen LogP contribution < -0.4 is 10.2 Å². The highest BCUT2D eigenvalue weighted by Gasteiger charge is 2.25. The molecule has 1 aliphatic rings. The minimum atomic E-state index is -0.470. The SMILES string of the molecule is CC(C)(C)OC(=O)N1CCCCNc2ccccc21. The van der Waals surface area contributed by atoms with Crippen molar-refractivity contribution in [3.8, 4) is 0 Å². The van der Waals surface area contributed by atoms with Gasteiger partial charge in [-0.05, 0) is 45.7 Å². The van der Waals surface area contributed by atoms with E-state index in [0.29, 0.717) is 6.54 Å². The van der Waals surface area contributed by atoms with Crippen LogP contribution in [0.15, 0.2) is 24.3 Å². The molecule has 0 radical (unpaired) electrons. The van der Waals surface area contributed by atoms with E-state index in [4.69, 9.17) is 4.74 Å². The molecule has 0 aliphatic carbocycles. The summed E-state index contributed by atoms with van der Waals surface area (Å²) in [4.78, 5) is 14.0. The molecule has 1 aromatic carbocycles. The molecule has 0 unspecified atom stereocenters. The molecular formula is C15H22N2O2. The fraction of sp³-hybridized carbons (Fsp3) is 0.533. The lowest BCUT2D eigenvalue weighted by atomic mass is 10.1. The van der Waals surface area contributed by atoms with Gasteiger partial charge in [-0.25, -0.2) is 4.79 Å². The molecule has 0 atom stereocenters. The lowest BCUT2D eigenvalue weighted by Gasteiger charge is -2.30. The number of para-hydroxylation sites is 2. The van der Waals surface area contributed by atoms with Gasteiger partial charge in [0.15, 0.2) is 0 Å². The zero-order valence-corrected chi connectivity index (χ0v) is 11.9. The number of carbonyl (C=O) groups excluding carboxylic acids is 1. The van der Waals surface area contributed by atoms with Crippen LogP contribution in [0.3, 0.4) is 0 Å².